The van der Waals surface area contributed by atoms with E-state index in [2.05, 4.69) is 26.9 Å². The number of benzene rings is 1. The zero-order chi connectivity index (χ0) is 17.6. The fourth-order valence-electron chi connectivity index (χ4n) is 2.99. The summed E-state index contributed by atoms with van der Waals surface area (Å²) in [5, 5.41) is 7.53. The third kappa shape index (κ3) is 4.67. The molecular weight excluding hydrogens is 340 g/mol. The Bertz CT molecular complexity index is 746. The van der Waals surface area contributed by atoms with E-state index in [1.165, 1.54) is 0 Å². The number of piperidine rings is 1. The van der Waals surface area contributed by atoms with Crippen LogP contribution < -0.4 is 5.32 Å². The van der Waals surface area contributed by atoms with E-state index in [-0.39, 0.29) is 11.8 Å². The first-order valence-electron chi connectivity index (χ1n) is 8.35. The predicted octanol–water partition coefficient (Wildman–Crippen LogP) is 2.90. The molecule has 1 saturated heterocycles. The van der Waals surface area contributed by atoms with Gasteiger partial charge in [0.05, 0.1) is 12.5 Å². The number of rotatable bonds is 6. The van der Waals surface area contributed by atoms with Gasteiger partial charge in [-0.15, -0.1) is 6.58 Å². The normalized spacial score (nSPS) is 18.0. The second kappa shape index (κ2) is 8.27. The first kappa shape index (κ1) is 17.6. The number of nitrogens with zero attached hydrogens (tertiary/aromatic N) is 3. The van der Waals surface area contributed by atoms with Gasteiger partial charge in [-0.05, 0) is 31.5 Å². The van der Waals surface area contributed by atoms with Gasteiger partial charge in [-0.1, -0.05) is 35.0 Å². The number of halogens is 1. The highest BCUT2D eigenvalue weighted by atomic mass is 35.5. The molecule has 0 bridgehead atoms. The molecule has 0 aliphatic carbocycles. The fraction of sp³-hybridized carbons (Fsp3) is 0.389. The van der Waals surface area contributed by atoms with Crippen LogP contribution in [0.2, 0.25) is 5.02 Å². The van der Waals surface area contributed by atoms with E-state index in [4.69, 9.17) is 16.1 Å². The Labute approximate surface area is 151 Å². The Kier molecular flexibility index (Phi) is 5.83. The molecule has 1 aromatic heterocycles. The molecule has 1 amide bonds. The van der Waals surface area contributed by atoms with Crippen molar-refractivity contribution in [3.05, 3.63) is 47.8 Å². The molecule has 132 valence electrons. The lowest BCUT2D eigenvalue weighted by Crippen LogP contribution is -2.42. The second-order valence-electron chi connectivity index (χ2n) is 6.13. The fourth-order valence-corrected chi connectivity index (χ4v) is 3.18. The van der Waals surface area contributed by atoms with E-state index < -0.39 is 0 Å². The number of carbonyl (C=O) groups excluding carboxylic acids is 1. The Balaban J connectivity index is 1.61. The van der Waals surface area contributed by atoms with Crippen molar-refractivity contribution in [2.75, 3.05) is 19.6 Å². The molecule has 6 nitrogen and oxygen atoms in total. The summed E-state index contributed by atoms with van der Waals surface area (Å²) in [4.78, 5) is 18.7. The first-order valence-corrected chi connectivity index (χ1v) is 8.73. The van der Waals surface area contributed by atoms with Gasteiger partial charge in [0.1, 0.15) is 0 Å². The van der Waals surface area contributed by atoms with Crippen molar-refractivity contribution in [2.24, 2.45) is 5.92 Å². The van der Waals surface area contributed by atoms with Crippen molar-refractivity contribution in [3.63, 3.8) is 0 Å². The maximum atomic E-state index is 12.1. The van der Waals surface area contributed by atoms with Gasteiger partial charge >= 0.3 is 0 Å². The van der Waals surface area contributed by atoms with Crippen LogP contribution >= 0.6 is 11.6 Å². The Morgan fingerprint density at radius 3 is 3.20 bits per heavy atom. The van der Waals surface area contributed by atoms with Crippen molar-refractivity contribution < 1.29 is 9.32 Å². The molecule has 7 heteroatoms. The monoisotopic (exact) mass is 360 g/mol. The van der Waals surface area contributed by atoms with Crippen LogP contribution in [0.4, 0.5) is 0 Å². The highest BCUT2D eigenvalue weighted by Gasteiger charge is 2.26. The number of carbonyl (C=O) groups is 1. The van der Waals surface area contributed by atoms with Crippen molar-refractivity contribution in [1.82, 2.24) is 20.4 Å². The maximum Gasteiger partial charge on any atom is 0.241 e. The molecule has 1 aliphatic rings. The number of likely N-dealkylation sites (tertiary alicyclic amines) is 1. The third-order valence-corrected chi connectivity index (χ3v) is 4.44. The molecular formula is C18H21ClN4O2. The van der Waals surface area contributed by atoms with E-state index in [1.54, 1.807) is 18.2 Å². The van der Waals surface area contributed by atoms with Crippen LogP contribution in [0.15, 0.2) is 41.4 Å². The van der Waals surface area contributed by atoms with Crippen LogP contribution in [0, 0.1) is 5.92 Å². The largest absolute Gasteiger partial charge is 0.352 e. The zero-order valence-corrected chi connectivity index (χ0v) is 14.7. The van der Waals surface area contributed by atoms with Crippen LogP contribution in [-0.4, -0.2) is 40.6 Å². The average Bonchev–Trinajstić information content (AvgIpc) is 3.08. The molecule has 1 fully saturated rings. The molecule has 1 unspecified atom stereocenters. The lowest BCUT2D eigenvalue weighted by atomic mass is 9.97. The minimum absolute atomic E-state index is 0.0102. The van der Waals surface area contributed by atoms with Crippen LogP contribution in [0.1, 0.15) is 18.7 Å². The topological polar surface area (TPSA) is 71.3 Å². The minimum Gasteiger partial charge on any atom is -0.352 e. The SMILES string of the molecule is C=CCNC(=O)C1CCCN(Cc2nc(-c3cccc(Cl)c3)no2)C1. The summed E-state index contributed by atoms with van der Waals surface area (Å²) in [5.74, 6) is 1.13. The maximum absolute atomic E-state index is 12.1. The van der Waals surface area contributed by atoms with Gasteiger partial charge in [-0.25, -0.2) is 0 Å². The lowest BCUT2D eigenvalue weighted by molar-refractivity contribution is -0.126. The van der Waals surface area contributed by atoms with Crippen molar-refractivity contribution in [1.29, 1.82) is 0 Å². The highest BCUT2D eigenvalue weighted by molar-refractivity contribution is 6.30. The van der Waals surface area contributed by atoms with Gasteiger partial charge in [-0.3, -0.25) is 9.69 Å². The highest BCUT2D eigenvalue weighted by Crippen LogP contribution is 2.22. The van der Waals surface area contributed by atoms with E-state index >= 15 is 0 Å². The molecule has 0 spiro atoms. The van der Waals surface area contributed by atoms with Crippen LogP contribution in [0.5, 0.6) is 0 Å². The summed E-state index contributed by atoms with van der Waals surface area (Å²) in [7, 11) is 0. The van der Waals surface area contributed by atoms with Gasteiger partial charge in [0.15, 0.2) is 0 Å². The van der Waals surface area contributed by atoms with Crippen LogP contribution in [0.3, 0.4) is 0 Å². The van der Waals surface area contributed by atoms with Crippen LogP contribution in [-0.2, 0) is 11.3 Å². The van der Waals surface area contributed by atoms with Crippen molar-refractivity contribution >= 4 is 17.5 Å². The Morgan fingerprint density at radius 1 is 1.52 bits per heavy atom. The minimum atomic E-state index is -0.0102. The van der Waals surface area contributed by atoms with E-state index in [0.717, 1.165) is 24.9 Å². The lowest BCUT2D eigenvalue weighted by Gasteiger charge is -2.30. The summed E-state index contributed by atoms with van der Waals surface area (Å²) < 4.78 is 5.36. The molecule has 25 heavy (non-hydrogen) atoms. The summed E-state index contributed by atoms with van der Waals surface area (Å²) in [6.07, 6.45) is 3.56. The number of hydrogen-bond acceptors (Lipinski definition) is 5. The Hall–Kier alpha value is -2.18. The van der Waals surface area contributed by atoms with Gasteiger partial charge in [0.25, 0.3) is 0 Å². The summed E-state index contributed by atoms with van der Waals surface area (Å²) in [6, 6.07) is 7.35. The molecule has 1 aromatic carbocycles. The summed E-state index contributed by atoms with van der Waals surface area (Å²) >= 11 is 6.00. The Morgan fingerprint density at radius 2 is 2.40 bits per heavy atom. The number of nitrogens with one attached hydrogen (secondary N) is 1. The molecule has 3 rings (SSSR count). The molecule has 1 N–H and O–H groups in total. The van der Waals surface area contributed by atoms with Crippen LogP contribution in [0.25, 0.3) is 11.4 Å². The van der Waals surface area contributed by atoms with E-state index in [9.17, 15) is 4.79 Å². The number of hydrogen-bond donors (Lipinski definition) is 1. The van der Waals surface area contributed by atoms with Crippen molar-refractivity contribution in [2.45, 2.75) is 19.4 Å². The summed E-state index contributed by atoms with van der Waals surface area (Å²) in [6.45, 7) is 6.27. The zero-order valence-electron chi connectivity index (χ0n) is 13.9. The quantitative estimate of drug-likeness (QED) is 0.802. The second-order valence-corrected chi connectivity index (χ2v) is 6.57. The van der Waals surface area contributed by atoms with Gasteiger partial charge in [0, 0.05) is 23.7 Å². The summed E-state index contributed by atoms with van der Waals surface area (Å²) in [5.41, 5.74) is 0.822. The standard InChI is InChI=1S/C18H21ClN4O2/c1-2-8-20-18(24)14-6-4-9-23(11-14)12-16-21-17(22-25-16)13-5-3-7-15(19)10-13/h2-3,5,7,10,14H,1,4,6,8-9,11-12H2,(H,20,24). The van der Waals surface area contributed by atoms with E-state index in [1.807, 2.05) is 12.1 Å². The molecule has 2 heterocycles. The number of amides is 1. The van der Waals surface area contributed by atoms with E-state index in [0.29, 0.717) is 36.4 Å². The molecule has 1 aliphatic heterocycles. The first-order chi connectivity index (χ1) is 12.2. The van der Waals surface area contributed by atoms with Crippen molar-refractivity contribution in [3.8, 4) is 11.4 Å². The van der Waals surface area contributed by atoms with Gasteiger partial charge in [-0.2, -0.15) is 4.98 Å². The molecule has 2 aromatic rings. The predicted molar refractivity (Wildman–Crippen MR) is 96.0 cm³/mol. The smallest absolute Gasteiger partial charge is 0.241 e. The molecule has 1 atom stereocenters. The number of aromatic nitrogens is 2. The third-order valence-electron chi connectivity index (χ3n) is 4.21. The average molecular weight is 361 g/mol. The molecule has 0 saturated carbocycles. The molecule has 0 radical (unpaired) electrons. The van der Waals surface area contributed by atoms with Gasteiger partial charge in [0.2, 0.25) is 17.6 Å². The van der Waals surface area contributed by atoms with Gasteiger partial charge < -0.3 is 9.84 Å².